The lowest BCUT2D eigenvalue weighted by molar-refractivity contribution is -0.143. The molecule has 0 N–H and O–H groups in total. The topological polar surface area (TPSA) is 47.9 Å². The summed E-state index contributed by atoms with van der Waals surface area (Å²) in [5.74, 6) is -0.119. The predicted molar refractivity (Wildman–Crippen MR) is 62.2 cm³/mol. The molecule has 0 saturated heterocycles. The van der Waals surface area contributed by atoms with Gasteiger partial charge in [-0.2, -0.15) is 0 Å². The second-order valence-electron chi connectivity index (χ2n) is 3.65. The molecule has 0 amide bonds. The van der Waals surface area contributed by atoms with E-state index in [2.05, 4.69) is 11.2 Å². The minimum absolute atomic E-state index is 0.119. The molecule has 0 fully saturated rings. The van der Waals surface area contributed by atoms with Crippen LogP contribution >= 0.6 is 0 Å². The van der Waals surface area contributed by atoms with E-state index in [1.54, 1.807) is 7.11 Å². The van der Waals surface area contributed by atoms with E-state index in [0.29, 0.717) is 13.0 Å². The summed E-state index contributed by atoms with van der Waals surface area (Å²) in [5, 5.41) is 3.97. The first kappa shape index (κ1) is 12.7. The van der Waals surface area contributed by atoms with E-state index in [1.807, 2.05) is 6.92 Å². The van der Waals surface area contributed by atoms with Crippen molar-refractivity contribution in [3.05, 3.63) is 11.6 Å². The average Bonchev–Trinajstić information content (AvgIpc) is 2.67. The molecule has 0 bridgehead atoms. The molecular weight excluding hydrogens is 206 g/mol. The fraction of sp³-hybridized carbons (Fsp3) is 0.667. The number of allylic oxidation sites excluding steroid dienone is 2. The summed E-state index contributed by atoms with van der Waals surface area (Å²) in [5.41, 5.74) is 2.23. The minimum atomic E-state index is -0.119. The van der Waals surface area contributed by atoms with E-state index in [1.165, 1.54) is 5.57 Å². The highest BCUT2D eigenvalue weighted by atomic mass is 16.6. The van der Waals surface area contributed by atoms with E-state index < -0.39 is 0 Å². The highest BCUT2D eigenvalue weighted by Gasteiger charge is 2.14. The second kappa shape index (κ2) is 7.04. The number of rotatable bonds is 6. The molecule has 0 unspecified atom stereocenters. The van der Waals surface area contributed by atoms with Gasteiger partial charge in [0.1, 0.15) is 7.11 Å². The Morgan fingerprint density at radius 1 is 1.56 bits per heavy atom. The van der Waals surface area contributed by atoms with Gasteiger partial charge < -0.3 is 9.57 Å². The maximum absolute atomic E-state index is 11.1. The van der Waals surface area contributed by atoms with Gasteiger partial charge in [-0.25, -0.2) is 0 Å². The summed E-state index contributed by atoms with van der Waals surface area (Å²) in [6.07, 6.45) is 6.31. The van der Waals surface area contributed by atoms with Crippen LogP contribution in [0.2, 0.25) is 0 Å². The molecule has 90 valence electrons. The van der Waals surface area contributed by atoms with Crippen molar-refractivity contribution in [2.45, 2.75) is 39.0 Å². The van der Waals surface area contributed by atoms with Gasteiger partial charge >= 0.3 is 5.97 Å². The van der Waals surface area contributed by atoms with Gasteiger partial charge in [0, 0.05) is 6.42 Å². The predicted octanol–water partition coefficient (Wildman–Crippen LogP) is 2.44. The number of oxime groups is 1. The Morgan fingerprint density at radius 2 is 2.38 bits per heavy atom. The molecule has 0 atom stereocenters. The van der Waals surface area contributed by atoms with Gasteiger partial charge in [0.2, 0.25) is 0 Å². The van der Waals surface area contributed by atoms with Gasteiger partial charge in [-0.1, -0.05) is 11.2 Å². The Balaban J connectivity index is 2.27. The average molecular weight is 225 g/mol. The molecule has 0 radical (unpaired) electrons. The van der Waals surface area contributed by atoms with Crippen LogP contribution in [0.4, 0.5) is 0 Å². The van der Waals surface area contributed by atoms with Crippen molar-refractivity contribution in [3.8, 4) is 0 Å². The maximum atomic E-state index is 11.1. The fourth-order valence-corrected chi connectivity index (χ4v) is 1.78. The van der Waals surface area contributed by atoms with Crippen LogP contribution in [0, 0.1) is 0 Å². The van der Waals surface area contributed by atoms with Gasteiger partial charge in [-0.15, -0.1) is 0 Å². The van der Waals surface area contributed by atoms with Gasteiger partial charge in [0.25, 0.3) is 0 Å². The largest absolute Gasteiger partial charge is 0.466 e. The SMILES string of the molecule is CCOC(=O)CCCC1=CCCC1=NOC. The molecule has 0 aromatic rings. The third kappa shape index (κ3) is 4.04. The molecule has 4 heteroatoms. The van der Waals surface area contributed by atoms with E-state index in [0.717, 1.165) is 31.4 Å². The molecule has 1 rings (SSSR count). The lowest BCUT2D eigenvalue weighted by Gasteiger charge is -2.04. The van der Waals surface area contributed by atoms with Crippen molar-refractivity contribution in [1.82, 2.24) is 0 Å². The van der Waals surface area contributed by atoms with Crippen LogP contribution < -0.4 is 0 Å². The van der Waals surface area contributed by atoms with Crippen molar-refractivity contribution in [2.75, 3.05) is 13.7 Å². The number of carbonyl (C=O) groups excluding carboxylic acids is 1. The summed E-state index contributed by atoms with van der Waals surface area (Å²) in [6.45, 7) is 2.28. The lowest BCUT2D eigenvalue weighted by atomic mass is 10.1. The zero-order valence-corrected chi connectivity index (χ0v) is 9.99. The van der Waals surface area contributed by atoms with Gasteiger partial charge in [0.15, 0.2) is 0 Å². The number of nitrogens with zero attached hydrogens (tertiary/aromatic N) is 1. The Hall–Kier alpha value is -1.32. The molecule has 0 aromatic carbocycles. The van der Waals surface area contributed by atoms with Crippen LogP contribution in [-0.4, -0.2) is 25.4 Å². The molecule has 1 aliphatic carbocycles. The number of ether oxygens (including phenoxy) is 1. The van der Waals surface area contributed by atoms with Crippen LogP contribution in [0.3, 0.4) is 0 Å². The first-order valence-corrected chi connectivity index (χ1v) is 5.73. The van der Waals surface area contributed by atoms with E-state index in [4.69, 9.17) is 9.57 Å². The Bertz CT molecular complexity index is 295. The molecule has 1 aliphatic rings. The van der Waals surface area contributed by atoms with Crippen LogP contribution in [0.5, 0.6) is 0 Å². The molecular formula is C12H19NO3. The van der Waals surface area contributed by atoms with Crippen LogP contribution in [-0.2, 0) is 14.4 Å². The van der Waals surface area contributed by atoms with Crippen LogP contribution in [0.1, 0.15) is 39.0 Å². The van der Waals surface area contributed by atoms with Crippen molar-refractivity contribution in [3.63, 3.8) is 0 Å². The number of esters is 1. The number of hydrogen-bond donors (Lipinski definition) is 0. The van der Waals surface area contributed by atoms with E-state index in [9.17, 15) is 4.79 Å². The zero-order chi connectivity index (χ0) is 11.8. The summed E-state index contributed by atoms with van der Waals surface area (Å²) in [6, 6.07) is 0. The highest BCUT2D eigenvalue weighted by Crippen LogP contribution is 2.21. The Labute approximate surface area is 96.3 Å². The molecule has 0 saturated carbocycles. The van der Waals surface area contributed by atoms with Crippen molar-refractivity contribution in [1.29, 1.82) is 0 Å². The fourth-order valence-electron chi connectivity index (χ4n) is 1.78. The normalized spacial score (nSPS) is 17.4. The molecule has 0 aliphatic heterocycles. The zero-order valence-electron chi connectivity index (χ0n) is 9.99. The number of hydrogen-bond acceptors (Lipinski definition) is 4. The molecule has 0 aromatic heterocycles. The third-order valence-corrected chi connectivity index (χ3v) is 2.48. The van der Waals surface area contributed by atoms with Gasteiger partial charge in [0.05, 0.1) is 12.3 Å². The van der Waals surface area contributed by atoms with Crippen LogP contribution in [0.15, 0.2) is 16.8 Å². The Kier molecular flexibility index (Phi) is 5.61. The molecule has 16 heavy (non-hydrogen) atoms. The molecule has 0 spiro atoms. The quantitative estimate of drug-likeness (QED) is 0.515. The van der Waals surface area contributed by atoms with E-state index >= 15 is 0 Å². The third-order valence-electron chi connectivity index (χ3n) is 2.48. The summed E-state index contributed by atoms with van der Waals surface area (Å²) >= 11 is 0. The summed E-state index contributed by atoms with van der Waals surface area (Å²) in [4.78, 5) is 15.9. The van der Waals surface area contributed by atoms with Gasteiger partial charge in [-0.05, 0) is 38.2 Å². The van der Waals surface area contributed by atoms with E-state index in [-0.39, 0.29) is 5.97 Å². The van der Waals surface area contributed by atoms with Crippen molar-refractivity contribution < 1.29 is 14.4 Å². The second-order valence-corrected chi connectivity index (χ2v) is 3.65. The monoisotopic (exact) mass is 225 g/mol. The maximum Gasteiger partial charge on any atom is 0.305 e. The Morgan fingerprint density at radius 3 is 3.06 bits per heavy atom. The van der Waals surface area contributed by atoms with Crippen molar-refractivity contribution >= 4 is 11.7 Å². The first-order chi connectivity index (χ1) is 7.77. The van der Waals surface area contributed by atoms with Crippen molar-refractivity contribution in [2.24, 2.45) is 5.16 Å². The molecule has 0 heterocycles. The highest BCUT2D eigenvalue weighted by molar-refractivity contribution is 6.01. The summed E-state index contributed by atoms with van der Waals surface area (Å²) in [7, 11) is 1.56. The van der Waals surface area contributed by atoms with Crippen LogP contribution in [0.25, 0.3) is 0 Å². The smallest absolute Gasteiger partial charge is 0.305 e. The number of carbonyl (C=O) groups is 1. The van der Waals surface area contributed by atoms with Gasteiger partial charge in [-0.3, -0.25) is 4.79 Å². The summed E-state index contributed by atoms with van der Waals surface area (Å²) < 4.78 is 4.87. The first-order valence-electron chi connectivity index (χ1n) is 5.73. The standard InChI is InChI=1S/C12H19NO3/c1-3-16-12(14)9-5-7-10-6-4-8-11(10)13-15-2/h6H,3-5,7-9H2,1-2H3. The lowest BCUT2D eigenvalue weighted by Crippen LogP contribution is -2.04. The molecule has 4 nitrogen and oxygen atoms in total. The minimum Gasteiger partial charge on any atom is -0.466 e.